The highest BCUT2D eigenvalue weighted by Crippen LogP contribution is 2.11. The van der Waals surface area contributed by atoms with E-state index in [0.717, 1.165) is 38.4 Å². The van der Waals surface area contributed by atoms with E-state index < -0.39 is 0 Å². The van der Waals surface area contributed by atoms with Crippen LogP contribution >= 0.6 is 11.3 Å². The summed E-state index contributed by atoms with van der Waals surface area (Å²) in [4.78, 5) is 5.80. The second-order valence-corrected chi connectivity index (χ2v) is 5.03. The first-order chi connectivity index (χ1) is 7.25. The van der Waals surface area contributed by atoms with Gasteiger partial charge in [-0.15, -0.1) is 11.3 Å². The molecule has 0 saturated carbocycles. The summed E-state index contributed by atoms with van der Waals surface area (Å²) in [6.07, 6.45) is 0.793. The third-order valence-electron chi connectivity index (χ3n) is 2.81. The van der Waals surface area contributed by atoms with Crippen LogP contribution in [0.1, 0.15) is 4.88 Å². The Balaban J connectivity index is 1.86. The third kappa shape index (κ3) is 2.79. The van der Waals surface area contributed by atoms with Crippen LogP contribution in [0.15, 0.2) is 17.5 Å². The Labute approximate surface area is 94.8 Å². The van der Waals surface area contributed by atoms with E-state index in [4.69, 9.17) is 5.41 Å². The molecule has 1 aromatic rings. The molecular weight excluding hydrogens is 206 g/mol. The Morgan fingerprint density at radius 1 is 1.40 bits per heavy atom. The van der Waals surface area contributed by atoms with E-state index >= 15 is 0 Å². The summed E-state index contributed by atoms with van der Waals surface area (Å²) in [5.41, 5.74) is 0. The summed E-state index contributed by atoms with van der Waals surface area (Å²) < 4.78 is 0. The molecule has 1 N–H and O–H groups in total. The van der Waals surface area contributed by atoms with Crippen LogP contribution in [0.25, 0.3) is 0 Å². The number of thiophene rings is 1. The molecule has 2 rings (SSSR count). The minimum atomic E-state index is 0.769. The van der Waals surface area contributed by atoms with Gasteiger partial charge in [-0.05, 0) is 18.5 Å². The van der Waals surface area contributed by atoms with E-state index in [1.807, 2.05) is 0 Å². The second kappa shape index (κ2) is 4.77. The fourth-order valence-electron chi connectivity index (χ4n) is 1.77. The number of piperazine rings is 1. The smallest absolute Gasteiger partial charge is 0.101 e. The first-order valence-electron chi connectivity index (χ1n) is 5.29. The van der Waals surface area contributed by atoms with Crippen molar-refractivity contribution in [3.63, 3.8) is 0 Å². The molecule has 15 heavy (non-hydrogen) atoms. The highest BCUT2D eigenvalue weighted by atomic mass is 32.1. The molecule has 1 fully saturated rings. The molecular formula is C11H17N3S. The summed E-state index contributed by atoms with van der Waals surface area (Å²) in [6.45, 7) is 4.15. The van der Waals surface area contributed by atoms with Crippen LogP contribution in [0, 0.1) is 5.41 Å². The summed E-state index contributed by atoms with van der Waals surface area (Å²) >= 11 is 1.74. The van der Waals surface area contributed by atoms with Crippen LogP contribution < -0.4 is 0 Å². The van der Waals surface area contributed by atoms with Gasteiger partial charge in [0, 0.05) is 37.5 Å². The number of hydrogen-bond donors (Lipinski definition) is 1. The van der Waals surface area contributed by atoms with E-state index in [1.54, 1.807) is 11.3 Å². The maximum absolute atomic E-state index is 8.04. The van der Waals surface area contributed by atoms with Gasteiger partial charge in [-0.1, -0.05) is 6.07 Å². The Morgan fingerprint density at radius 3 is 2.73 bits per heavy atom. The molecule has 0 unspecified atom stereocenters. The normalized spacial score (nSPS) is 18.1. The molecule has 0 bridgehead atoms. The zero-order valence-electron chi connectivity index (χ0n) is 9.07. The number of likely N-dealkylation sites (N-methyl/N-ethyl adjacent to an activating group) is 1. The lowest BCUT2D eigenvalue weighted by molar-refractivity contribution is 0.213. The summed E-state index contributed by atoms with van der Waals surface area (Å²) in [6, 6.07) is 4.16. The Kier molecular flexibility index (Phi) is 3.38. The van der Waals surface area contributed by atoms with Gasteiger partial charge in [0.05, 0.1) is 0 Å². The van der Waals surface area contributed by atoms with Crippen molar-refractivity contribution in [3.05, 3.63) is 22.4 Å². The number of hydrogen-bond acceptors (Lipinski definition) is 3. The average Bonchev–Trinajstić information content (AvgIpc) is 2.71. The Bertz CT molecular complexity index is 313. The van der Waals surface area contributed by atoms with Crippen molar-refractivity contribution in [3.8, 4) is 0 Å². The molecule has 0 radical (unpaired) electrons. The summed E-state index contributed by atoms with van der Waals surface area (Å²) in [5.74, 6) is 0.769. The molecule has 0 atom stereocenters. The fraction of sp³-hybridized carbons (Fsp3) is 0.545. The third-order valence-corrected chi connectivity index (χ3v) is 3.68. The molecule has 1 aliphatic rings. The van der Waals surface area contributed by atoms with Gasteiger partial charge in [0.15, 0.2) is 0 Å². The van der Waals surface area contributed by atoms with Gasteiger partial charge in [-0.25, -0.2) is 0 Å². The molecule has 0 aliphatic carbocycles. The summed E-state index contributed by atoms with van der Waals surface area (Å²) in [5, 5.41) is 10.1. The van der Waals surface area contributed by atoms with Crippen molar-refractivity contribution in [2.75, 3.05) is 33.2 Å². The van der Waals surface area contributed by atoms with Crippen molar-refractivity contribution in [2.24, 2.45) is 0 Å². The lowest BCUT2D eigenvalue weighted by Crippen LogP contribution is -2.47. The van der Waals surface area contributed by atoms with Crippen molar-refractivity contribution >= 4 is 17.2 Å². The first-order valence-corrected chi connectivity index (χ1v) is 6.17. The van der Waals surface area contributed by atoms with Crippen molar-refractivity contribution in [1.82, 2.24) is 9.80 Å². The number of nitrogens with one attached hydrogen (secondary N) is 1. The van der Waals surface area contributed by atoms with E-state index in [2.05, 4.69) is 34.4 Å². The van der Waals surface area contributed by atoms with Crippen molar-refractivity contribution in [1.29, 1.82) is 5.41 Å². The van der Waals surface area contributed by atoms with Gasteiger partial charge in [-0.3, -0.25) is 5.41 Å². The molecule has 0 aromatic carbocycles. The molecule has 1 aromatic heterocycles. The van der Waals surface area contributed by atoms with E-state index in [-0.39, 0.29) is 0 Å². The zero-order chi connectivity index (χ0) is 10.7. The molecule has 2 heterocycles. The highest BCUT2D eigenvalue weighted by molar-refractivity contribution is 7.10. The monoisotopic (exact) mass is 223 g/mol. The quantitative estimate of drug-likeness (QED) is 0.608. The van der Waals surface area contributed by atoms with Crippen molar-refractivity contribution in [2.45, 2.75) is 6.42 Å². The largest absolute Gasteiger partial charge is 0.358 e. The van der Waals surface area contributed by atoms with Gasteiger partial charge in [0.1, 0.15) is 5.84 Å². The minimum Gasteiger partial charge on any atom is -0.358 e. The highest BCUT2D eigenvalue weighted by Gasteiger charge is 2.16. The standard InChI is InChI=1S/C11H17N3S/c1-13-4-6-14(7-5-13)11(12)9-10-3-2-8-15-10/h2-3,8,12H,4-7,9H2,1H3. The molecule has 0 spiro atoms. The van der Waals surface area contributed by atoms with Gasteiger partial charge in [-0.2, -0.15) is 0 Å². The minimum absolute atomic E-state index is 0.769. The molecule has 82 valence electrons. The number of amidine groups is 1. The zero-order valence-corrected chi connectivity index (χ0v) is 9.89. The molecule has 0 amide bonds. The Morgan fingerprint density at radius 2 is 2.13 bits per heavy atom. The average molecular weight is 223 g/mol. The van der Waals surface area contributed by atoms with Crippen LogP contribution in [-0.2, 0) is 6.42 Å². The number of nitrogens with zero attached hydrogens (tertiary/aromatic N) is 2. The van der Waals surface area contributed by atoms with Crippen LogP contribution in [0.2, 0.25) is 0 Å². The predicted octanol–water partition coefficient (Wildman–Crippen LogP) is 1.52. The summed E-state index contributed by atoms with van der Waals surface area (Å²) in [7, 11) is 2.14. The second-order valence-electron chi connectivity index (χ2n) is 3.99. The predicted molar refractivity (Wildman–Crippen MR) is 64.8 cm³/mol. The van der Waals surface area contributed by atoms with E-state index in [9.17, 15) is 0 Å². The van der Waals surface area contributed by atoms with E-state index in [0.29, 0.717) is 0 Å². The van der Waals surface area contributed by atoms with Crippen LogP contribution in [0.4, 0.5) is 0 Å². The van der Waals surface area contributed by atoms with Crippen LogP contribution in [0.5, 0.6) is 0 Å². The maximum atomic E-state index is 8.04. The Hall–Kier alpha value is -0.870. The van der Waals surface area contributed by atoms with Crippen molar-refractivity contribution < 1.29 is 0 Å². The van der Waals surface area contributed by atoms with Gasteiger partial charge in [0.2, 0.25) is 0 Å². The molecule has 1 saturated heterocycles. The molecule has 1 aliphatic heterocycles. The number of rotatable bonds is 2. The van der Waals surface area contributed by atoms with Crippen LogP contribution in [-0.4, -0.2) is 48.9 Å². The SMILES string of the molecule is CN1CCN(C(=N)Cc2cccs2)CC1. The van der Waals surface area contributed by atoms with Gasteiger partial charge >= 0.3 is 0 Å². The lowest BCUT2D eigenvalue weighted by Gasteiger charge is -2.34. The lowest BCUT2D eigenvalue weighted by atomic mass is 10.2. The molecule has 4 heteroatoms. The first kappa shape index (κ1) is 10.6. The van der Waals surface area contributed by atoms with Gasteiger partial charge < -0.3 is 9.80 Å². The van der Waals surface area contributed by atoms with Crippen LogP contribution in [0.3, 0.4) is 0 Å². The van der Waals surface area contributed by atoms with Gasteiger partial charge in [0.25, 0.3) is 0 Å². The van der Waals surface area contributed by atoms with E-state index in [1.165, 1.54) is 4.88 Å². The fourth-order valence-corrected chi connectivity index (χ4v) is 2.48. The topological polar surface area (TPSA) is 30.3 Å². The molecule has 3 nitrogen and oxygen atoms in total. The maximum Gasteiger partial charge on any atom is 0.101 e.